The second-order valence-corrected chi connectivity index (χ2v) is 4.55. The standard InChI is InChI=1S/C12H18N2O2S/c1-16-11-5-4-9(13)8-10(11)12(15)14-6-3-7-17-2/h4-5,8H,3,6-7,13H2,1-2H3,(H,14,15). The molecular weight excluding hydrogens is 236 g/mol. The Kier molecular flexibility index (Phi) is 5.69. The normalized spacial score (nSPS) is 10.0. The Morgan fingerprint density at radius 1 is 1.53 bits per heavy atom. The van der Waals surface area contributed by atoms with Crippen LogP contribution in [-0.2, 0) is 0 Å². The first kappa shape index (κ1) is 13.7. The first-order chi connectivity index (χ1) is 8.19. The molecule has 0 radical (unpaired) electrons. The highest BCUT2D eigenvalue weighted by atomic mass is 32.2. The first-order valence-electron chi connectivity index (χ1n) is 5.39. The predicted molar refractivity (Wildman–Crippen MR) is 72.7 cm³/mol. The maximum Gasteiger partial charge on any atom is 0.255 e. The van der Waals surface area contributed by atoms with Crippen molar-refractivity contribution >= 4 is 23.4 Å². The molecule has 1 aromatic carbocycles. The van der Waals surface area contributed by atoms with Crippen LogP contribution in [0.25, 0.3) is 0 Å². The maximum atomic E-state index is 11.9. The number of nitrogens with two attached hydrogens (primary N) is 1. The van der Waals surface area contributed by atoms with E-state index in [0.29, 0.717) is 23.5 Å². The highest BCUT2D eigenvalue weighted by molar-refractivity contribution is 7.98. The average Bonchev–Trinajstić information content (AvgIpc) is 2.34. The van der Waals surface area contributed by atoms with Crippen molar-refractivity contribution in [3.05, 3.63) is 23.8 Å². The maximum absolute atomic E-state index is 11.9. The Labute approximate surface area is 106 Å². The molecule has 0 spiro atoms. The van der Waals surface area contributed by atoms with Crippen molar-refractivity contribution in [1.29, 1.82) is 0 Å². The number of hydrogen-bond acceptors (Lipinski definition) is 4. The van der Waals surface area contributed by atoms with E-state index in [1.54, 1.807) is 30.0 Å². The number of hydrogen-bond donors (Lipinski definition) is 2. The summed E-state index contributed by atoms with van der Waals surface area (Å²) in [7, 11) is 1.54. The lowest BCUT2D eigenvalue weighted by atomic mass is 10.1. The molecule has 3 N–H and O–H groups in total. The van der Waals surface area contributed by atoms with Crippen LogP contribution in [0.1, 0.15) is 16.8 Å². The SMILES string of the molecule is COc1ccc(N)cc1C(=O)NCCCSC. The lowest BCUT2D eigenvalue weighted by Crippen LogP contribution is -2.25. The molecule has 5 heteroatoms. The van der Waals surface area contributed by atoms with Gasteiger partial charge in [0.15, 0.2) is 0 Å². The second kappa shape index (κ2) is 7.06. The number of carbonyl (C=O) groups excluding carboxylic acids is 1. The fraction of sp³-hybridized carbons (Fsp3) is 0.417. The number of carbonyl (C=O) groups is 1. The van der Waals surface area contributed by atoms with Crippen LogP contribution in [0, 0.1) is 0 Å². The summed E-state index contributed by atoms with van der Waals surface area (Å²) in [5.41, 5.74) is 6.70. The highest BCUT2D eigenvalue weighted by Gasteiger charge is 2.11. The largest absolute Gasteiger partial charge is 0.496 e. The van der Waals surface area contributed by atoms with Crippen LogP contribution in [0.5, 0.6) is 5.75 Å². The minimum Gasteiger partial charge on any atom is -0.496 e. The zero-order valence-corrected chi connectivity index (χ0v) is 11.0. The van der Waals surface area contributed by atoms with E-state index < -0.39 is 0 Å². The highest BCUT2D eigenvalue weighted by Crippen LogP contribution is 2.20. The van der Waals surface area contributed by atoms with Gasteiger partial charge in [-0.2, -0.15) is 11.8 Å². The summed E-state index contributed by atoms with van der Waals surface area (Å²) >= 11 is 1.76. The van der Waals surface area contributed by atoms with Crippen molar-refractivity contribution in [1.82, 2.24) is 5.32 Å². The van der Waals surface area contributed by atoms with Crippen LogP contribution in [0.3, 0.4) is 0 Å². The molecular formula is C12H18N2O2S. The number of ether oxygens (including phenoxy) is 1. The van der Waals surface area contributed by atoms with Gasteiger partial charge in [0.2, 0.25) is 0 Å². The third-order valence-corrected chi connectivity index (χ3v) is 2.98. The molecule has 0 aliphatic rings. The minimum absolute atomic E-state index is 0.143. The number of anilines is 1. The zero-order chi connectivity index (χ0) is 12.7. The van der Waals surface area contributed by atoms with Crippen molar-refractivity contribution in [2.24, 2.45) is 0 Å². The number of amides is 1. The van der Waals surface area contributed by atoms with Gasteiger partial charge in [0.1, 0.15) is 5.75 Å². The molecule has 4 nitrogen and oxygen atoms in total. The molecule has 17 heavy (non-hydrogen) atoms. The van der Waals surface area contributed by atoms with Gasteiger partial charge in [0.25, 0.3) is 5.91 Å². The summed E-state index contributed by atoms with van der Waals surface area (Å²) in [6.07, 6.45) is 3.00. The van der Waals surface area contributed by atoms with E-state index in [0.717, 1.165) is 12.2 Å². The minimum atomic E-state index is -0.143. The van der Waals surface area contributed by atoms with Crippen molar-refractivity contribution in [2.45, 2.75) is 6.42 Å². The van der Waals surface area contributed by atoms with Crippen molar-refractivity contribution < 1.29 is 9.53 Å². The van der Waals surface area contributed by atoms with Crippen molar-refractivity contribution in [3.63, 3.8) is 0 Å². The van der Waals surface area contributed by atoms with Gasteiger partial charge < -0.3 is 15.8 Å². The molecule has 94 valence electrons. The Morgan fingerprint density at radius 2 is 2.29 bits per heavy atom. The molecule has 0 atom stereocenters. The van der Waals surface area contributed by atoms with E-state index >= 15 is 0 Å². The van der Waals surface area contributed by atoms with E-state index in [9.17, 15) is 4.79 Å². The fourth-order valence-electron chi connectivity index (χ4n) is 1.42. The van der Waals surface area contributed by atoms with Gasteiger partial charge >= 0.3 is 0 Å². The molecule has 1 aromatic rings. The summed E-state index contributed by atoms with van der Waals surface area (Å²) in [6, 6.07) is 5.04. The van der Waals surface area contributed by atoms with Gasteiger partial charge in [0.05, 0.1) is 12.7 Å². The molecule has 1 amide bonds. The van der Waals surface area contributed by atoms with Crippen LogP contribution in [-0.4, -0.2) is 31.6 Å². The third kappa shape index (κ3) is 4.19. The Bertz CT molecular complexity index is 383. The molecule has 0 aromatic heterocycles. The molecule has 0 saturated heterocycles. The lowest BCUT2D eigenvalue weighted by molar-refractivity contribution is 0.0951. The van der Waals surface area contributed by atoms with Crippen LogP contribution >= 0.6 is 11.8 Å². The number of nitrogen functional groups attached to an aromatic ring is 1. The summed E-state index contributed by atoms with van der Waals surface area (Å²) in [6.45, 7) is 0.664. The lowest BCUT2D eigenvalue weighted by Gasteiger charge is -2.09. The molecule has 0 heterocycles. The number of benzene rings is 1. The van der Waals surface area contributed by atoms with Gasteiger partial charge in [0, 0.05) is 12.2 Å². The van der Waals surface area contributed by atoms with Crippen LogP contribution in [0.15, 0.2) is 18.2 Å². The molecule has 0 fully saturated rings. The summed E-state index contributed by atoms with van der Waals surface area (Å²) in [5.74, 6) is 1.44. The van der Waals surface area contributed by atoms with Gasteiger partial charge in [-0.15, -0.1) is 0 Å². The molecule has 0 bridgehead atoms. The Balaban J connectivity index is 2.64. The number of methoxy groups -OCH3 is 1. The average molecular weight is 254 g/mol. The summed E-state index contributed by atoms with van der Waals surface area (Å²) in [4.78, 5) is 11.9. The van der Waals surface area contributed by atoms with Gasteiger partial charge in [-0.05, 0) is 36.6 Å². The van der Waals surface area contributed by atoms with Gasteiger partial charge in [-0.25, -0.2) is 0 Å². The third-order valence-electron chi connectivity index (χ3n) is 2.28. The Morgan fingerprint density at radius 3 is 2.94 bits per heavy atom. The monoisotopic (exact) mass is 254 g/mol. The predicted octanol–water partition coefficient (Wildman–Crippen LogP) is 1.76. The van der Waals surface area contributed by atoms with E-state index in [-0.39, 0.29) is 5.91 Å². The van der Waals surface area contributed by atoms with E-state index in [1.807, 2.05) is 6.26 Å². The summed E-state index contributed by atoms with van der Waals surface area (Å²) in [5, 5.41) is 2.85. The summed E-state index contributed by atoms with van der Waals surface area (Å²) < 4.78 is 5.13. The van der Waals surface area contributed by atoms with Crippen molar-refractivity contribution in [3.8, 4) is 5.75 Å². The first-order valence-corrected chi connectivity index (χ1v) is 6.79. The van der Waals surface area contributed by atoms with Gasteiger partial charge in [-0.1, -0.05) is 0 Å². The molecule has 0 aliphatic carbocycles. The smallest absolute Gasteiger partial charge is 0.255 e. The topological polar surface area (TPSA) is 64.3 Å². The number of nitrogens with one attached hydrogen (secondary N) is 1. The molecule has 0 saturated carbocycles. The van der Waals surface area contributed by atoms with Crippen LogP contribution in [0.2, 0.25) is 0 Å². The van der Waals surface area contributed by atoms with E-state index in [2.05, 4.69) is 5.32 Å². The quantitative estimate of drug-likeness (QED) is 0.600. The van der Waals surface area contributed by atoms with E-state index in [1.165, 1.54) is 7.11 Å². The Hall–Kier alpha value is -1.36. The van der Waals surface area contributed by atoms with Crippen LogP contribution in [0.4, 0.5) is 5.69 Å². The van der Waals surface area contributed by atoms with Gasteiger partial charge in [-0.3, -0.25) is 4.79 Å². The fourth-order valence-corrected chi connectivity index (χ4v) is 1.85. The number of rotatable bonds is 6. The van der Waals surface area contributed by atoms with E-state index in [4.69, 9.17) is 10.5 Å². The molecule has 0 unspecified atom stereocenters. The van der Waals surface area contributed by atoms with Crippen LogP contribution < -0.4 is 15.8 Å². The van der Waals surface area contributed by atoms with Crippen molar-refractivity contribution in [2.75, 3.05) is 31.4 Å². The molecule has 1 rings (SSSR count). The number of thioether (sulfide) groups is 1. The molecule has 0 aliphatic heterocycles. The second-order valence-electron chi connectivity index (χ2n) is 3.56. The zero-order valence-electron chi connectivity index (χ0n) is 10.2.